The van der Waals surface area contributed by atoms with E-state index in [0.29, 0.717) is 31.0 Å². The average Bonchev–Trinajstić information content (AvgIpc) is 3.02. The third-order valence-electron chi connectivity index (χ3n) is 3.26. The van der Waals surface area contributed by atoms with Gasteiger partial charge in [-0.05, 0) is 36.6 Å². The molecule has 0 saturated carbocycles. The van der Waals surface area contributed by atoms with Gasteiger partial charge in [-0.2, -0.15) is 0 Å². The number of halogens is 3. The molecule has 0 fully saturated rings. The zero-order valence-corrected chi connectivity index (χ0v) is 16.8. The maximum atomic E-state index is 13.5. The third-order valence-corrected chi connectivity index (χ3v) is 4.30. The van der Waals surface area contributed by atoms with Gasteiger partial charge >= 0.3 is 0 Å². The molecular formula is C16H21F2IN4S. The fourth-order valence-corrected chi connectivity index (χ4v) is 2.78. The lowest BCUT2D eigenvalue weighted by atomic mass is 10.1. The summed E-state index contributed by atoms with van der Waals surface area (Å²) in [5.41, 5.74) is 1.31. The second-order valence-corrected chi connectivity index (χ2v) is 5.87. The average molecular weight is 466 g/mol. The molecule has 2 rings (SSSR count). The van der Waals surface area contributed by atoms with Crippen LogP contribution >= 0.6 is 35.3 Å². The molecule has 0 saturated heterocycles. The first-order chi connectivity index (χ1) is 11.1. The number of nitrogens with zero attached hydrogens (tertiary/aromatic N) is 2. The monoisotopic (exact) mass is 466 g/mol. The number of hydrogen-bond donors (Lipinski definition) is 2. The van der Waals surface area contributed by atoms with E-state index in [1.807, 2.05) is 5.38 Å². The number of aryl methyl sites for hydroxylation is 1. The van der Waals surface area contributed by atoms with E-state index in [1.54, 1.807) is 18.4 Å². The molecule has 0 amide bonds. The Morgan fingerprint density at radius 3 is 2.75 bits per heavy atom. The molecule has 8 heteroatoms. The predicted molar refractivity (Wildman–Crippen MR) is 105 cm³/mol. The predicted octanol–water partition coefficient (Wildman–Crippen LogP) is 3.51. The Bertz CT molecular complexity index is 676. The molecule has 1 aromatic heterocycles. The number of benzene rings is 1. The number of aromatic nitrogens is 1. The summed E-state index contributed by atoms with van der Waals surface area (Å²) in [6.45, 7) is 3.10. The normalized spacial score (nSPS) is 11.1. The Kier molecular flexibility index (Phi) is 9.12. The Hall–Kier alpha value is -1.29. The highest BCUT2D eigenvalue weighted by atomic mass is 127. The van der Waals surface area contributed by atoms with Crippen molar-refractivity contribution in [1.82, 2.24) is 15.6 Å². The van der Waals surface area contributed by atoms with Gasteiger partial charge in [0.2, 0.25) is 0 Å². The molecule has 1 aromatic carbocycles. The van der Waals surface area contributed by atoms with Crippen molar-refractivity contribution in [2.24, 2.45) is 4.99 Å². The molecule has 0 spiro atoms. The minimum atomic E-state index is -0.431. The van der Waals surface area contributed by atoms with Crippen LogP contribution in [0.2, 0.25) is 0 Å². The van der Waals surface area contributed by atoms with Gasteiger partial charge in [-0.3, -0.25) is 4.99 Å². The summed E-state index contributed by atoms with van der Waals surface area (Å²) in [6, 6.07) is 3.48. The molecule has 24 heavy (non-hydrogen) atoms. The molecule has 1 heterocycles. The van der Waals surface area contributed by atoms with Crippen LogP contribution < -0.4 is 10.6 Å². The van der Waals surface area contributed by atoms with Crippen molar-refractivity contribution < 1.29 is 8.78 Å². The fourth-order valence-electron chi connectivity index (χ4n) is 2.04. The van der Waals surface area contributed by atoms with Crippen LogP contribution in [-0.2, 0) is 19.4 Å². The van der Waals surface area contributed by atoms with E-state index in [9.17, 15) is 8.78 Å². The van der Waals surface area contributed by atoms with Crippen molar-refractivity contribution in [3.05, 3.63) is 51.5 Å². The second-order valence-electron chi connectivity index (χ2n) is 4.92. The highest BCUT2D eigenvalue weighted by Crippen LogP contribution is 2.10. The van der Waals surface area contributed by atoms with E-state index >= 15 is 0 Å². The molecule has 0 aliphatic rings. The van der Waals surface area contributed by atoms with Gasteiger partial charge in [0.25, 0.3) is 0 Å². The number of thiazole rings is 1. The first-order valence-corrected chi connectivity index (χ1v) is 8.32. The van der Waals surface area contributed by atoms with Gasteiger partial charge in [-0.1, -0.05) is 6.92 Å². The van der Waals surface area contributed by atoms with E-state index in [-0.39, 0.29) is 24.0 Å². The first-order valence-electron chi connectivity index (χ1n) is 7.44. The third kappa shape index (κ3) is 6.31. The SMILES string of the molecule is CCc1nc(CNC(=NC)NCCc2cc(F)ccc2F)cs1.I. The lowest BCUT2D eigenvalue weighted by Gasteiger charge is -2.11. The molecular weight excluding hydrogens is 445 g/mol. The summed E-state index contributed by atoms with van der Waals surface area (Å²) in [5, 5.41) is 9.35. The lowest BCUT2D eigenvalue weighted by molar-refractivity contribution is 0.583. The lowest BCUT2D eigenvalue weighted by Crippen LogP contribution is -2.38. The second kappa shape index (κ2) is 10.5. The summed E-state index contributed by atoms with van der Waals surface area (Å²) >= 11 is 1.64. The topological polar surface area (TPSA) is 49.3 Å². The van der Waals surface area contributed by atoms with Crippen LogP contribution in [0.15, 0.2) is 28.6 Å². The zero-order chi connectivity index (χ0) is 16.7. The first kappa shape index (κ1) is 20.8. The van der Waals surface area contributed by atoms with E-state index in [1.165, 1.54) is 6.07 Å². The Balaban J connectivity index is 0.00000288. The van der Waals surface area contributed by atoms with Gasteiger partial charge in [0.05, 0.1) is 17.2 Å². The van der Waals surface area contributed by atoms with Crippen molar-refractivity contribution in [2.75, 3.05) is 13.6 Å². The molecule has 0 unspecified atom stereocenters. The van der Waals surface area contributed by atoms with Crippen molar-refractivity contribution in [1.29, 1.82) is 0 Å². The van der Waals surface area contributed by atoms with Crippen LogP contribution in [0.4, 0.5) is 8.78 Å². The van der Waals surface area contributed by atoms with Crippen LogP contribution in [-0.4, -0.2) is 24.5 Å². The van der Waals surface area contributed by atoms with E-state index < -0.39 is 11.6 Å². The Labute approximate surface area is 161 Å². The fraction of sp³-hybridized carbons (Fsp3) is 0.375. The van der Waals surface area contributed by atoms with Crippen molar-refractivity contribution in [3.8, 4) is 0 Å². The molecule has 2 N–H and O–H groups in total. The minimum absolute atomic E-state index is 0. The molecule has 4 nitrogen and oxygen atoms in total. The van der Waals surface area contributed by atoms with Gasteiger partial charge in [0, 0.05) is 19.0 Å². The maximum absolute atomic E-state index is 13.5. The van der Waals surface area contributed by atoms with Gasteiger partial charge in [0.15, 0.2) is 5.96 Å². The van der Waals surface area contributed by atoms with Gasteiger partial charge in [0.1, 0.15) is 11.6 Å². The largest absolute Gasteiger partial charge is 0.356 e. The number of guanidine groups is 1. The van der Waals surface area contributed by atoms with Crippen LogP contribution in [0.3, 0.4) is 0 Å². The van der Waals surface area contributed by atoms with Crippen molar-refractivity contribution in [2.45, 2.75) is 26.3 Å². The van der Waals surface area contributed by atoms with Crippen LogP contribution in [0, 0.1) is 11.6 Å². The van der Waals surface area contributed by atoms with Crippen LogP contribution in [0.1, 0.15) is 23.2 Å². The maximum Gasteiger partial charge on any atom is 0.191 e. The van der Waals surface area contributed by atoms with Gasteiger partial charge in [-0.15, -0.1) is 35.3 Å². The Morgan fingerprint density at radius 1 is 1.29 bits per heavy atom. The summed E-state index contributed by atoms with van der Waals surface area (Å²) in [7, 11) is 1.66. The molecule has 0 aliphatic heterocycles. The standard InChI is InChI=1S/C16H20F2N4S.HI/c1-3-15-22-13(10-23-15)9-21-16(19-2)20-7-6-11-8-12(17)4-5-14(11)18;/h4-5,8,10H,3,6-7,9H2,1-2H3,(H2,19,20,21);1H. The number of rotatable bonds is 6. The summed E-state index contributed by atoms with van der Waals surface area (Å²) in [4.78, 5) is 8.57. The molecule has 2 aromatic rings. The summed E-state index contributed by atoms with van der Waals surface area (Å²) in [5.74, 6) is -0.224. The smallest absolute Gasteiger partial charge is 0.191 e. The Morgan fingerprint density at radius 2 is 2.08 bits per heavy atom. The van der Waals surface area contributed by atoms with E-state index in [0.717, 1.165) is 29.3 Å². The van der Waals surface area contributed by atoms with E-state index in [4.69, 9.17) is 0 Å². The van der Waals surface area contributed by atoms with E-state index in [2.05, 4.69) is 27.5 Å². The van der Waals surface area contributed by atoms with Crippen LogP contribution in [0.25, 0.3) is 0 Å². The minimum Gasteiger partial charge on any atom is -0.356 e. The number of aliphatic imine (C=N–C) groups is 1. The van der Waals surface area contributed by atoms with Gasteiger partial charge < -0.3 is 10.6 Å². The quantitative estimate of drug-likeness (QED) is 0.389. The highest BCUT2D eigenvalue weighted by Gasteiger charge is 2.05. The highest BCUT2D eigenvalue weighted by molar-refractivity contribution is 14.0. The molecule has 132 valence electrons. The molecule has 0 atom stereocenters. The molecule has 0 radical (unpaired) electrons. The van der Waals surface area contributed by atoms with Crippen molar-refractivity contribution in [3.63, 3.8) is 0 Å². The summed E-state index contributed by atoms with van der Waals surface area (Å²) < 4.78 is 26.6. The zero-order valence-electron chi connectivity index (χ0n) is 13.6. The summed E-state index contributed by atoms with van der Waals surface area (Å²) in [6.07, 6.45) is 1.30. The number of hydrogen-bond acceptors (Lipinski definition) is 3. The molecule has 0 aliphatic carbocycles. The molecule has 0 bridgehead atoms. The number of nitrogens with one attached hydrogen (secondary N) is 2. The van der Waals surface area contributed by atoms with Gasteiger partial charge in [-0.25, -0.2) is 13.8 Å². The van der Waals surface area contributed by atoms with Crippen LogP contribution in [0.5, 0.6) is 0 Å². The van der Waals surface area contributed by atoms with Crippen molar-refractivity contribution >= 4 is 41.3 Å².